The lowest BCUT2D eigenvalue weighted by Gasteiger charge is -2.14. The molecule has 2 rings (SSSR count). The zero-order valence-corrected chi connectivity index (χ0v) is 12.6. The van der Waals surface area contributed by atoms with Crippen LogP contribution in [0.25, 0.3) is 0 Å². The Labute approximate surface area is 125 Å². The first-order valence-corrected chi connectivity index (χ1v) is 6.96. The number of carbonyl (C=O) groups is 1. The van der Waals surface area contributed by atoms with Crippen LogP contribution in [-0.4, -0.2) is 11.9 Å². The highest BCUT2D eigenvalue weighted by molar-refractivity contribution is 9.10. The second kappa shape index (κ2) is 6.22. The van der Waals surface area contributed by atoms with E-state index in [2.05, 4.69) is 15.9 Å². The predicted octanol–water partition coefficient (Wildman–Crippen LogP) is 4.75. The van der Waals surface area contributed by atoms with E-state index in [0.717, 1.165) is 4.47 Å². The highest BCUT2D eigenvalue weighted by Gasteiger charge is 2.17. The molecule has 1 atom stereocenters. The van der Waals surface area contributed by atoms with Gasteiger partial charge in [-0.15, -0.1) is 0 Å². The maximum atomic E-state index is 12.2. The lowest BCUT2D eigenvalue weighted by molar-refractivity contribution is 0.0817. The summed E-state index contributed by atoms with van der Waals surface area (Å²) in [6.07, 6.45) is -0.556. The normalized spacial score (nSPS) is 11.9. The van der Waals surface area contributed by atoms with E-state index in [1.165, 1.54) is 0 Å². The summed E-state index contributed by atoms with van der Waals surface area (Å²) < 4.78 is 6.49. The van der Waals surface area contributed by atoms with Gasteiger partial charge in [0.25, 0.3) is 0 Å². The summed E-state index contributed by atoms with van der Waals surface area (Å²) in [6.45, 7) is 1.73. The van der Waals surface area contributed by atoms with Crippen LogP contribution in [0.2, 0.25) is 5.02 Å². The van der Waals surface area contributed by atoms with Gasteiger partial charge in [0.2, 0.25) is 5.78 Å². The van der Waals surface area contributed by atoms with Crippen LogP contribution in [0, 0.1) is 0 Å². The van der Waals surface area contributed by atoms with Gasteiger partial charge in [-0.1, -0.05) is 23.7 Å². The summed E-state index contributed by atoms with van der Waals surface area (Å²) in [7, 11) is 0. The van der Waals surface area contributed by atoms with E-state index in [4.69, 9.17) is 16.3 Å². The third-order valence-corrected chi connectivity index (χ3v) is 3.55. The quantitative estimate of drug-likeness (QED) is 0.751. The fraction of sp³-hybridized carbons (Fsp3) is 0.133. The first-order valence-electron chi connectivity index (χ1n) is 5.79. The van der Waals surface area contributed by atoms with Crippen molar-refractivity contribution in [2.24, 2.45) is 0 Å². The second-order valence-electron chi connectivity index (χ2n) is 4.06. The molecule has 0 amide bonds. The molecule has 2 aromatic carbocycles. The average molecular weight is 340 g/mol. The molecule has 98 valence electrons. The number of rotatable bonds is 4. The van der Waals surface area contributed by atoms with Crippen LogP contribution in [0.1, 0.15) is 17.3 Å². The van der Waals surface area contributed by atoms with Gasteiger partial charge in [-0.2, -0.15) is 0 Å². The number of ketones is 1. The van der Waals surface area contributed by atoms with E-state index < -0.39 is 6.10 Å². The van der Waals surface area contributed by atoms with Crippen LogP contribution in [0.5, 0.6) is 5.75 Å². The van der Waals surface area contributed by atoms with E-state index in [1.54, 1.807) is 31.2 Å². The average Bonchev–Trinajstić information content (AvgIpc) is 2.41. The number of carbonyl (C=O) groups excluding carboxylic acids is 1. The summed E-state index contributed by atoms with van der Waals surface area (Å²) >= 11 is 9.18. The number of hydrogen-bond donors (Lipinski definition) is 0. The second-order valence-corrected chi connectivity index (χ2v) is 5.35. The van der Waals surface area contributed by atoms with Gasteiger partial charge in [0.15, 0.2) is 6.10 Å². The Morgan fingerprint density at radius 3 is 2.42 bits per heavy atom. The van der Waals surface area contributed by atoms with Gasteiger partial charge in [-0.3, -0.25) is 4.79 Å². The molecule has 4 heteroatoms. The molecule has 0 aliphatic carbocycles. The van der Waals surface area contributed by atoms with Crippen molar-refractivity contribution in [3.63, 3.8) is 0 Å². The molecular weight excluding hydrogens is 328 g/mol. The highest BCUT2D eigenvalue weighted by atomic mass is 79.9. The van der Waals surface area contributed by atoms with Gasteiger partial charge in [0.1, 0.15) is 5.75 Å². The van der Waals surface area contributed by atoms with Crippen molar-refractivity contribution in [2.45, 2.75) is 13.0 Å². The lowest BCUT2D eigenvalue weighted by atomic mass is 10.1. The standard InChI is InChI=1S/C15H12BrClO2/c1-10(19-14-5-3-2-4-13(14)16)15(18)11-6-8-12(17)9-7-11/h2-10H,1H3. The van der Waals surface area contributed by atoms with Crippen molar-refractivity contribution < 1.29 is 9.53 Å². The lowest BCUT2D eigenvalue weighted by Crippen LogP contribution is -2.24. The first kappa shape index (κ1) is 14.1. The number of ether oxygens (including phenoxy) is 1. The van der Waals surface area contributed by atoms with Crippen molar-refractivity contribution in [3.05, 3.63) is 63.6 Å². The fourth-order valence-corrected chi connectivity index (χ4v) is 2.14. The number of Topliss-reactive ketones (excluding diaryl/α,β-unsaturated/α-hetero) is 1. The third kappa shape index (κ3) is 3.58. The number of benzene rings is 2. The molecule has 0 aromatic heterocycles. The summed E-state index contributed by atoms with van der Waals surface area (Å²) in [5.74, 6) is 0.574. The zero-order valence-electron chi connectivity index (χ0n) is 10.3. The summed E-state index contributed by atoms with van der Waals surface area (Å²) in [6, 6.07) is 14.2. The van der Waals surface area contributed by atoms with Gasteiger partial charge in [0, 0.05) is 10.6 Å². The predicted molar refractivity (Wildman–Crippen MR) is 80.0 cm³/mol. The van der Waals surface area contributed by atoms with Crippen molar-refractivity contribution in [2.75, 3.05) is 0 Å². The van der Waals surface area contributed by atoms with Crippen LogP contribution in [0.15, 0.2) is 53.0 Å². The van der Waals surface area contributed by atoms with Crippen molar-refractivity contribution in [1.82, 2.24) is 0 Å². The SMILES string of the molecule is CC(Oc1ccccc1Br)C(=O)c1ccc(Cl)cc1. The van der Waals surface area contributed by atoms with Crippen LogP contribution in [0.3, 0.4) is 0 Å². The molecule has 0 saturated carbocycles. The van der Waals surface area contributed by atoms with Gasteiger partial charge >= 0.3 is 0 Å². The van der Waals surface area contributed by atoms with Gasteiger partial charge in [-0.25, -0.2) is 0 Å². The van der Waals surface area contributed by atoms with E-state index in [9.17, 15) is 4.79 Å². The molecule has 0 aliphatic rings. The van der Waals surface area contributed by atoms with Crippen molar-refractivity contribution in [3.8, 4) is 5.75 Å². The van der Waals surface area contributed by atoms with Crippen LogP contribution < -0.4 is 4.74 Å². The monoisotopic (exact) mass is 338 g/mol. The van der Waals surface area contributed by atoms with Gasteiger partial charge in [0.05, 0.1) is 4.47 Å². The Balaban J connectivity index is 2.12. The van der Waals surface area contributed by atoms with Crippen LogP contribution in [-0.2, 0) is 0 Å². The third-order valence-electron chi connectivity index (χ3n) is 2.64. The molecule has 1 unspecified atom stereocenters. The molecule has 0 heterocycles. The van der Waals surface area contributed by atoms with E-state index in [0.29, 0.717) is 16.3 Å². The number of hydrogen-bond acceptors (Lipinski definition) is 2. The molecule has 0 saturated heterocycles. The Kier molecular flexibility index (Phi) is 4.61. The molecule has 2 nitrogen and oxygen atoms in total. The minimum Gasteiger partial charge on any atom is -0.481 e. The molecule has 2 aromatic rings. The Morgan fingerprint density at radius 2 is 1.79 bits per heavy atom. The number of para-hydroxylation sites is 1. The maximum absolute atomic E-state index is 12.2. The van der Waals surface area contributed by atoms with Crippen molar-refractivity contribution >= 4 is 33.3 Å². The topological polar surface area (TPSA) is 26.3 Å². The minimum atomic E-state index is -0.556. The summed E-state index contributed by atoms with van der Waals surface area (Å²) in [5, 5.41) is 0.607. The Morgan fingerprint density at radius 1 is 1.16 bits per heavy atom. The fourth-order valence-electron chi connectivity index (χ4n) is 1.63. The van der Waals surface area contributed by atoms with Gasteiger partial charge < -0.3 is 4.74 Å². The molecule has 0 spiro atoms. The van der Waals surface area contributed by atoms with Gasteiger partial charge in [-0.05, 0) is 59.3 Å². The first-order chi connectivity index (χ1) is 9.08. The minimum absolute atomic E-state index is 0.0765. The molecular formula is C15H12BrClO2. The largest absolute Gasteiger partial charge is 0.481 e. The van der Waals surface area contributed by atoms with E-state index in [1.807, 2.05) is 24.3 Å². The van der Waals surface area contributed by atoms with Crippen molar-refractivity contribution in [1.29, 1.82) is 0 Å². The van der Waals surface area contributed by atoms with E-state index in [-0.39, 0.29) is 5.78 Å². The van der Waals surface area contributed by atoms with E-state index >= 15 is 0 Å². The smallest absolute Gasteiger partial charge is 0.202 e. The highest BCUT2D eigenvalue weighted by Crippen LogP contribution is 2.25. The Bertz CT molecular complexity index is 581. The molecule has 0 fully saturated rings. The van der Waals surface area contributed by atoms with Crippen LogP contribution in [0.4, 0.5) is 0 Å². The molecule has 0 aliphatic heterocycles. The van der Waals surface area contributed by atoms with Crippen LogP contribution >= 0.6 is 27.5 Å². The Hall–Kier alpha value is -1.32. The summed E-state index contributed by atoms with van der Waals surface area (Å²) in [5.41, 5.74) is 0.587. The number of halogens is 2. The molecule has 0 bridgehead atoms. The summed E-state index contributed by atoms with van der Waals surface area (Å²) in [4.78, 5) is 12.2. The maximum Gasteiger partial charge on any atom is 0.202 e. The zero-order chi connectivity index (χ0) is 13.8. The molecule has 19 heavy (non-hydrogen) atoms. The molecule has 0 N–H and O–H groups in total. The molecule has 0 radical (unpaired) electrons.